The molecule has 0 spiro atoms. The summed E-state index contributed by atoms with van der Waals surface area (Å²) in [5.74, 6) is 0.969. The summed E-state index contributed by atoms with van der Waals surface area (Å²) in [6.07, 6.45) is 3.27. The molecule has 0 atom stereocenters. The fraction of sp³-hybridized carbons (Fsp3) is 0.0833. The fourth-order valence-electron chi connectivity index (χ4n) is 2.58. The van der Waals surface area contributed by atoms with E-state index in [-0.39, 0.29) is 18.3 Å². The van der Waals surface area contributed by atoms with Crippen molar-refractivity contribution in [1.82, 2.24) is 0 Å². The first-order valence-corrected chi connectivity index (χ1v) is 9.97. The van der Waals surface area contributed by atoms with E-state index in [1.807, 2.05) is 24.3 Å². The second-order valence-electron chi connectivity index (χ2n) is 6.34. The van der Waals surface area contributed by atoms with Gasteiger partial charge in [0.25, 0.3) is 5.91 Å². The van der Waals surface area contributed by atoms with Gasteiger partial charge in [0, 0.05) is 15.7 Å². The molecule has 0 aliphatic carbocycles. The van der Waals surface area contributed by atoms with Crippen LogP contribution in [0.15, 0.2) is 83.3 Å². The van der Waals surface area contributed by atoms with Crippen LogP contribution in [0, 0.1) is 0 Å². The van der Waals surface area contributed by atoms with Gasteiger partial charge in [-0.05, 0) is 72.3 Å². The molecule has 1 N–H and O–H groups in total. The van der Waals surface area contributed by atoms with Crippen LogP contribution in [0.1, 0.15) is 15.9 Å². The number of amides is 1. The first-order chi connectivity index (χ1) is 14.5. The molecule has 5 nitrogen and oxygen atoms in total. The van der Waals surface area contributed by atoms with Crippen LogP contribution >= 0.6 is 15.9 Å². The maximum absolute atomic E-state index is 12.2. The van der Waals surface area contributed by atoms with E-state index in [9.17, 15) is 9.59 Å². The minimum absolute atomic E-state index is 0.0736. The van der Waals surface area contributed by atoms with Crippen LogP contribution in [-0.2, 0) is 4.79 Å². The van der Waals surface area contributed by atoms with Gasteiger partial charge >= 0.3 is 0 Å². The molecule has 0 unspecified atom stereocenters. The number of carbonyl (C=O) groups excluding carboxylic acids is 2. The van der Waals surface area contributed by atoms with Gasteiger partial charge in [-0.1, -0.05) is 34.1 Å². The Morgan fingerprint density at radius 1 is 0.900 bits per heavy atom. The van der Waals surface area contributed by atoms with Crippen LogP contribution in [0.5, 0.6) is 11.5 Å². The number of nitrogens with one attached hydrogen (secondary N) is 1. The molecule has 30 heavy (non-hydrogen) atoms. The molecular weight excluding hydrogens is 446 g/mol. The molecule has 0 aliphatic rings. The van der Waals surface area contributed by atoms with Gasteiger partial charge in [0.15, 0.2) is 12.4 Å². The Bertz CT molecular complexity index is 1030. The van der Waals surface area contributed by atoms with Gasteiger partial charge in [0.1, 0.15) is 11.5 Å². The zero-order valence-corrected chi connectivity index (χ0v) is 17.9. The van der Waals surface area contributed by atoms with Crippen molar-refractivity contribution in [2.24, 2.45) is 0 Å². The van der Waals surface area contributed by atoms with E-state index in [1.54, 1.807) is 61.7 Å². The first-order valence-electron chi connectivity index (χ1n) is 9.18. The van der Waals surface area contributed by atoms with Crippen molar-refractivity contribution < 1.29 is 19.1 Å². The third-order valence-corrected chi connectivity index (χ3v) is 4.71. The van der Waals surface area contributed by atoms with E-state index in [0.717, 1.165) is 15.8 Å². The lowest BCUT2D eigenvalue weighted by Crippen LogP contribution is -2.20. The molecule has 3 aromatic carbocycles. The average Bonchev–Trinajstić information content (AvgIpc) is 2.78. The largest absolute Gasteiger partial charge is 0.497 e. The van der Waals surface area contributed by atoms with Crippen LogP contribution in [0.3, 0.4) is 0 Å². The summed E-state index contributed by atoms with van der Waals surface area (Å²) >= 11 is 3.35. The van der Waals surface area contributed by atoms with Crippen LogP contribution in [0.4, 0.5) is 5.69 Å². The van der Waals surface area contributed by atoms with E-state index in [1.165, 1.54) is 6.08 Å². The number of benzene rings is 3. The van der Waals surface area contributed by atoms with Gasteiger partial charge in [-0.15, -0.1) is 0 Å². The van der Waals surface area contributed by atoms with E-state index in [0.29, 0.717) is 17.0 Å². The number of ketones is 1. The van der Waals surface area contributed by atoms with Gasteiger partial charge in [-0.25, -0.2) is 0 Å². The Kier molecular flexibility index (Phi) is 7.40. The molecule has 0 heterocycles. The molecule has 3 rings (SSSR count). The monoisotopic (exact) mass is 465 g/mol. The molecule has 0 saturated heterocycles. The lowest BCUT2D eigenvalue weighted by atomic mass is 10.1. The van der Waals surface area contributed by atoms with Gasteiger partial charge in [0.2, 0.25) is 0 Å². The normalized spacial score (nSPS) is 10.6. The standard InChI is InChI=1S/C24H20BrNO4/c1-29-21-11-13-22(14-12-21)30-16-24(28)26-20-9-2-17(3-10-20)4-15-23(27)18-5-7-19(25)8-6-18/h2-15H,16H2,1H3,(H,26,28). The highest BCUT2D eigenvalue weighted by Gasteiger charge is 2.05. The van der Waals surface area contributed by atoms with Crippen LogP contribution in [0.25, 0.3) is 6.08 Å². The van der Waals surface area contributed by atoms with Gasteiger partial charge < -0.3 is 14.8 Å². The SMILES string of the molecule is COc1ccc(OCC(=O)Nc2ccc(C=CC(=O)c3ccc(Br)cc3)cc2)cc1. The summed E-state index contributed by atoms with van der Waals surface area (Å²) in [7, 11) is 1.59. The van der Waals surface area contributed by atoms with E-state index in [2.05, 4.69) is 21.2 Å². The molecule has 152 valence electrons. The number of halogens is 1. The minimum Gasteiger partial charge on any atom is -0.497 e. The summed E-state index contributed by atoms with van der Waals surface area (Å²) in [6.45, 7) is -0.102. The smallest absolute Gasteiger partial charge is 0.262 e. The lowest BCUT2D eigenvalue weighted by Gasteiger charge is -2.08. The molecule has 0 bridgehead atoms. The second kappa shape index (κ2) is 10.4. The first kappa shape index (κ1) is 21.3. The number of carbonyl (C=O) groups is 2. The maximum Gasteiger partial charge on any atom is 0.262 e. The number of hydrogen-bond donors (Lipinski definition) is 1. The number of anilines is 1. The fourth-order valence-corrected chi connectivity index (χ4v) is 2.84. The number of rotatable bonds is 8. The Balaban J connectivity index is 1.50. The number of hydrogen-bond acceptors (Lipinski definition) is 4. The topological polar surface area (TPSA) is 64.6 Å². The van der Waals surface area contributed by atoms with Crippen molar-refractivity contribution in [3.63, 3.8) is 0 Å². The molecule has 3 aromatic rings. The quantitative estimate of drug-likeness (QED) is 0.358. The van der Waals surface area contributed by atoms with Crippen molar-refractivity contribution in [3.05, 3.63) is 94.5 Å². The highest BCUT2D eigenvalue weighted by atomic mass is 79.9. The summed E-state index contributed by atoms with van der Waals surface area (Å²) in [5, 5.41) is 2.77. The second-order valence-corrected chi connectivity index (χ2v) is 7.25. The van der Waals surface area contributed by atoms with Crippen LogP contribution < -0.4 is 14.8 Å². The summed E-state index contributed by atoms with van der Waals surface area (Å²) in [4.78, 5) is 24.3. The number of allylic oxidation sites excluding steroid dienone is 1. The lowest BCUT2D eigenvalue weighted by molar-refractivity contribution is -0.118. The molecule has 6 heteroatoms. The van der Waals surface area contributed by atoms with Crippen molar-refractivity contribution in [2.45, 2.75) is 0 Å². The predicted molar refractivity (Wildman–Crippen MR) is 121 cm³/mol. The molecule has 0 aromatic heterocycles. The highest BCUT2D eigenvalue weighted by molar-refractivity contribution is 9.10. The van der Waals surface area contributed by atoms with Gasteiger partial charge in [-0.3, -0.25) is 9.59 Å². The average molecular weight is 466 g/mol. The highest BCUT2D eigenvalue weighted by Crippen LogP contribution is 2.17. The Hall–Kier alpha value is -3.38. The molecule has 0 radical (unpaired) electrons. The molecule has 0 aliphatic heterocycles. The van der Waals surface area contributed by atoms with Crippen LogP contribution in [0.2, 0.25) is 0 Å². The molecule has 0 saturated carbocycles. The minimum atomic E-state index is -0.264. The van der Waals surface area contributed by atoms with Crippen molar-refractivity contribution >= 4 is 39.4 Å². The Morgan fingerprint density at radius 2 is 1.53 bits per heavy atom. The summed E-state index contributed by atoms with van der Waals surface area (Å²) in [5.41, 5.74) is 2.12. The van der Waals surface area contributed by atoms with E-state index in [4.69, 9.17) is 9.47 Å². The maximum atomic E-state index is 12.2. The van der Waals surface area contributed by atoms with Crippen molar-refractivity contribution in [1.29, 1.82) is 0 Å². The predicted octanol–water partition coefficient (Wildman–Crippen LogP) is 5.37. The third kappa shape index (κ3) is 6.32. The van der Waals surface area contributed by atoms with E-state index >= 15 is 0 Å². The van der Waals surface area contributed by atoms with Gasteiger partial charge in [-0.2, -0.15) is 0 Å². The summed E-state index contributed by atoms with van der Waals surface area (Å²) < 4.78 is 11.5. The number of methoxy groups -OCH3 is 1. The van der Waals surface area contributed by atoms with E-state index < -0.39 is 0 Å². The number of ether oxygens (including phenoxy) is 2. The van der Waals surface area contributed by atoms with Crippen LogP contribution in [-0.4, -0.2) is 25.4 Å². The third-order valence-electron chi connectivity index (χ3n) is 4.18. The molecule has 1 amide bonds. The zero-order valence-electron chi connectivity index (χ0n) is 16.3. The zero-order chi connectivity index (χ0) is 21.3. The Labute approximate surface area is 183 Å². The Morgan fingerprint density at radius 3 is 2.17 bits per heavy atom. The van der Waals surface area contributed by atoms with Crippen molar-refractivity contribution in [3.8, 4) is 11.5 Å². The summed E-state index contributed by atoms with van der Waals surface area (Å²) in [6, 6.07) is 21.4. The van der Waals surface area contributed by atoms with Gasteiger partial charge in [0.05, 0.1) is 7.11 Å². The van der Waals surface area contributed by atoms with Crippen molar-refractivity contribution in [2.75, 3.05) is 19.0 Å². The molecule has 0 fully saturated rings. The molecular formula is C24H20BrNO4.